The van der Waals surface area contributed by atoms with Gasteiger partial charge in [0.2, 0.25) is 5.91 Å². The number of anilines is 1. The van der Waals surface area contributed by atoms with Crippen molar-refractivity contribution >= 4 is 28.5 Å². The number of aromatic nitrogens is 2. The number of fused-ring (bicyclic) bond motifs is 1. The molecule has 0 aromatic carbocycles. The van der Waals surface area contributed by atoms with E-state index in [0.29, 0.717) is 29.7 Å². The highest BCUT2D eigenvalue weighted by Gasteiger charge is 2.33. The molecule has 11 heteroatoms. The molecule has 26 heavy (non-hydrogen) atoms. The van der Waals surface area contributed by atoms with Crippen LogP contribution in [-0.4, -0.2) is 52.6 Å². The summed E-state index contributed by atoms with van der Waals surface area (Å²) in [6.07, 6.45) is -1.05. The summed E-state index contributed by atoms with van der Waals surface area (Å²) in [5.74, 6) is -1.89. The van der Waals surface area contributed by atoms with Gasteiger partial charge in [0.05, 0.1) is 17.2 Å². The van der Waals surface area contributed by atoms with Crippen LogP contribution in [0, 0.1) is 5.92 Å². The molecular weight excluding hydrogens is 353 g/mol. The number of nitrogens with two attached hydrogens (primary N) is 1. The minimum atomic E-state index is -4.44. The van der Waals surface area contributed by atoms with Crippen molar-refractivity contribution in [3.05, 3.63) is 24.0 Å². The largest absolute Gasteiger partial charge is 0.405 e. The molecule has 8 nitrogen and oxygen atoms in total. The highest BCUT2D eigenvalue weighted by molar-refractivity contribution is 6.05. The lowest BCUT2D eigenvalue weighted by Gasteiger charge is -2.21. The molecule has 1 fully saturated rings. The number of carbonyl (C=O) groups excluding carboxylic acids is 2. The van der Waals surface area contributed by atoms with Gasteiger partial charge in [-0.05, 0) is 12.5 Å². The van der Waals surface area contributed by atoms with Gasteiger partial charge in [-0.1, -0.05) is 0 Å². The van der Waals surface area contributed by atoms with Gasteiger partial charge in [-0.2, -0.15) is 13.2 Å². The number of hydrogen-bond acceptors (Lipinski definition) is 5. The number of aromatic amines is 1. The maximum Gasteiger partial charge on any atom is 0.405 e. The summed E-state index contributed by atoms with van der Waals surface area (Å²) in [7, 11) is 0. The second-order valence-corrected chi connectivity index (χ2v) is 6.03. The Bertz CT molecular complexity index is 834. The first-order valence-corrected chi connectivity index (χ1v) is 7.86. The number of alkyl halides is 3. The lowest BCUT2D eigenvalue weighted by molar-refractivity contribution is -0.140. The van der Waals surface area contributed by atoms with Gasteiger partial charge in [0.25, 0.3) is 5.91 Å². The summed E-state index contributed by atoms with van der Waals surface area (Å²) in [4.78, 5) is 30.6. The number of pyridine rings is 1. The van der Waals surface area contributed by atoms with Crippen molar-refractivity contribution in [1.82, 2.24) is 20.3 Å². The molecule has 3 rings (SSSR count). The van der Waals surface area contributed by atoms with Gasteiger partial charge < -0.3 is 21.5 Å². The molecule has 1 aliphatic heterocycles. The Morgan fingerprint density at radius 2 is 2.19 bits per heavy atom. The van der Waals surface area contributed by atoms with Crippen LogP contribution in [0.3, 0.4) is 0 Å². The quantitative estimate of drug-likeness (QED) is 0.626. The molecule has 3 heterocycles. The first kappa shape index (κ1) is 18.0. The van der Waals surface area contributed by atoms with Crippen LogP contribution < -0.4 is 16.5 Å². The fourth-order valence-corrected chi connectivity index (χ4v) is 2.88. The molecule has 1 atom stereocenters. The first-order chi connectivity index (χ1) is 12.2. The van der Waals surface area contributed by atoms with Crippen molar-refractivity contribution < 1.29 is 22.8 Å². The molecule has 5 N–H and O–H groups in total. The van der Waals surface area contributed by atoms with Gasteiger partial charge >= 0.3 is 6.18 Å². The van der Waals surface area contributed by atoms with Crippen LogP contribution in [0.5, 0.6) is 0 Å². The van der Waals surface area contributed by atoms with Crippen molar-refractivity contribution in [2.75, 3.05) is 25.1 Å². The monoisotopic (exact) mass is 370 g/mol. The number of primary amides is 1. The zero-order valence-corrected chi connectivity index (χ0v) is 13.6. The summed E-state index contributed by atoms with van der Waals surface area (Å²) in [5.41, 5.74) is 9.61. The predicted octanol–water partition coefficient (Wildman–Crippen LogP) is 0.989. The molecule has 2 aromatic heterocycles. The van der Waals surface area contributed by atoms with E-state index in [4.69, 9.17) is 5.73 Å². The van der Waals surface area contributed by atoms with E-state index in [0.717, 1.165) is 0 Å². The summed E-state index contributed by atoms with van der Waals surface area (Å²) >= 11 is 0. The third-order valence-electron chi connectivity index (χ3n) is 4.14. The number of hydrazine groups is 1. The minimum absolute atomic E-state index is 0.182. The molecule has 0 spiro atoms. The molecule has 2 amide bonds. The number of nitrogens with one attached hydrogen (secondary N) is 3. The molecule has 0 aliphatic carbocycles. The maximum absolute atomic E-state index is 12.2. The molecule has 140 valence electrons. The van der Waals surface area contributed by atoms with Gasteiger partial charge in [0.1, 0.15) is 12.2 Å². The molecular formula is C15H17F3N6O2. The van der Waals surface area contributed by atoms with Crippen LogP contribution >= 0.6 is 0 Å². The maximum atomic E-state index is 12.2. The predicted molar refractivity (Wildman–Crippen MR) is 87.0 cm³/mol. The van der Waals surface area contributed by atoms with Crippen LogP contribution in [0.4, 0.5) is 18.9 Å². The number of hydrogen-bond donors (Lipinski definition) is 4. The van der Waals surface area contributed by atoms with E-state index in [1.165, 1.54) is 6.20 Å². The zero-order valence-electron chi connectivity index (χ0n) is 13.6. The Morgan fingerprint density at radius 3 is 2.88 bits per heavy atom. The normalized spacial score (nSPS) is 18.2. The Balaban J connectivity index is 1.70. The molecule has 0 saturated carbocycles. The standard InChI is InChI=1S/C15H17F3N6O2/c16-15(17,18)7-22-14(26)8-2-4-24(6-8)23-11-9-1-3-20-13(9)21-5-10(11)12(19)25/h1,3,5,8H,2,4,6-7H2,(H2,19,25)(H,22,26)(H2,20,21,23)/t8-/m1/s1. The average molecular weight is 370 g/mol. The summed E-state index contributed by atoms with van der Waals surface area (Å²) in [5, 5.41) is 4.21. The van der Waals surface area contributed by atoms with Gasteiger partial charge in [-0.25, -0.2) is 9.99 Å². The molecule has 0 bridgehead atoms. The van der Waals surface area contributed by atoms with Gasteiger partial charge in [-0.15, -0.1) is 0 Å². The van der Waals surface area contributed by atoms with Crippen LogP contribution in [0.1, 0.15) is 16.8 Å². The zero-order chi connectivity index (χ0) is 18.9. The van der Waals surface area contributed by atoms with Crippen LogP contribution in [-0.2, 0) is 4.79 Å². The highest BCUT2D eigenvalue weighted by atomic mass is 19.4. The Morgan fingerprint density at radius 1 is 1.42 bits per heavy atom. The Labute approximate surface area is 145 Å². The molecule has 0 radical (unpaired) electrons. The number of H-pyrrole nitrogens is 1. The number of amides is 2. The van der Waals surface area contributed by atoms with E-state index in [9.17, 15) is 22.8 Å². The second-order valence-electron chi connectivity index (χ2n) is 6.03. The summed E-state index contributed by atoms with van der Waals surface area (Å²) < 4.78 is 36.6. The molecule has 1 saturated heterocycles. The van der Waals surface area contributed by atoms with Crippen molar-refractivity contribution in [3.63, 3.8) is 0 Å². The smallest absolute Gasteiger partial charge is 0.365 e. The van der Waals surface area contributed by atoms with Crippen molar-refractivity contribution in [3.8, 4) is 0 Å². The van der Waals surface area contributed by atoms with Crippen molar-refractivity contribution in [1.29, 1.82) is 0 Å². The van der Waals surface area contributed by atoms with E-state index in [1.54, 1.807) is 17.3 Å². The molecule has 1 aliphatic rings. The van der Waals surface area contributed by atoms with Gasteiger partial charge in [-0.3, -0.25) is 9.59 Å². The fourth-order valence-electron chi connectivity index (χ4n) is 2.88. The minimum Gasteiger partial charge on any atom is -0.365 e. The first-order valence-electron chi connectivity index (χ1n) is 7.86. The number of halogens is 3. The highest BCUT2D eigenvalue weighted by Crippen LogP contribution is 2.27. The van der Waals surface area contributed by atoms with Crippen molar-refractivity contribution in [2.45, 2.75) is 12.6 Å². The van der Waals surface area contributed by atoms with E-state index < -0.39 is 30.5 Å². The number of carbonyl (C=O) groups is 2. The number of nitrogens with zero attached hydrogens (tertiary/aromatic N) is 2. The van der Waals surface area contributed by atoms with Gasteiger partial charge in [0, 0.05) is 30.9 Å². The lowest BCUT2D eigenvalue weighted by Crippen LogP contribution is -2.39. The SMILES string of the molecule is NC(=O)c1cnc2[nH]ccc2c1NN1CC[C@@H](C(=O)NCC(F)(F)F)C1. The van der Waals surface area contributed by atoms with E-state index in [1.807, 2.05) is 5.32 Å². The summed E-state index contributed by atoms with van der Waals surface area (Å²) in [6, 6.07) is 1.72. The Kier molecular flexibility index (Phi) is 4.72. The lowest BCUT2D eigenvalue weighted by atomic mass is 10.1. The fraction of sp³-hybridized carbons (Fsp3) is 0.400. The van der Waals surface area contributed by atoms with Crippen LogP contribution in [0.25, 0.3) is 11.0 Å². The third-order valence-corrected chi connectivity index (χ3v) is 4.14. The molecule has 2 aromatic rings. The topological polar surface area (TPSA) is 116 Å². The van der Waals surface area contributed by atoms with E-state index in [2.05, 4.69) is 15.4 Å². The van der Waals surface area contributed by atoms with Crippen LogP contribution in [0.15, 0.2) is 18.5 Å². The van der Waals surface area contributed by atoms with E-state index >= 15 is 0 Å². The van der Waals surface area contributed by atoms with E-state index in [-0.39, 0.29) is 12.1 Å². The molecule has 0 unspecified atom stereocenters. The van der Waals surface area contributed by atoms with Gasteiger partial charge in [0.15, 0.2) is 0 Å². The number of rotatable bonds is 5. The Hall–Kier alpha value is -2.82. The van der Waals surface area contributed by atoms with Crippen molar-refractivity contribution in [2.24, 2.45) is 11.7 Å². The average Bonchev–Trinajstić information content (AvgIpc) is 3.20. The summed E-state index contributed by atoms with van der Waals surface area (Å²) in [6.45, 7) is -0.720. The van der Waals surface area contributed by atoms with Crippen LogP contribution in [0.2, 0.25) is 0 Å². The second kappa shape index (κ2) is 6.83. The third kappa shape index (κ3) is 3.87.